The molecular formula is C24H25NO5S2. The number of rotatable bonds is 11. The second kappa shape index (κ2) is 11.8. The number of carbonyl (C=O) groups excluding carboxylic acids is 1. The highest BCUT2D eigenvalue weighted by atomic mass is 32.2. The fourth-order valence-electron chi connectivity index (χ4n) is 3.03. The molecule has 32 heavy (non-hydrogen) atoms. The van der Waals surface area contributed by atoms with E-state index in [0.717, 1.165) is 16.7 Å². The van der Waals surface area contributed by atoms with E-state index in [1.165, 1.54) is 11.8 Å². The summed E-state index contributed by atoms with van der Waals surface area (Å²) in [6.07, 6.45) is -0.0172. The van der Waals surface area contributed by atoms with Crippen LogP contribution in [0.2, 0.25) is 0 Å². The molecule has 3 rings (SSSR count). The van der Waals surface area contributed by atoms with Crippen molar-refractivity contribution in [1.82, 2.24) is 5.48 Å². The van der Waals surface area contributed by atoms with Crippen molar-refractivity contribution >= 4 is 27.8 Å². The van der Waals surface area contributed by atoms with Crippen molar-refractivity contribution < 1.29 is 22.2 Å². The summed E-state index contributed by atoms with van der Waals surface area (Å²) in [5.74, 6) is -0.991. The average molecular weight is 472 g/mol. The molecule has 6 nitrogen and oxygen atoms in total. The van der Waals surface area contributed by atoms with Gasteiger partial charge >= 0.3 is 0 Å². The first-order chi connectivity index (χ1) is 15.4. The quantitative estimate of drug-likeness (QED) is 0.254. The molecule has 3 aromatic carbocycles. The minimum Gasteiger partial charge on any atom is -0.272 e. The Morgan fingerprint density at radius 1 is 0.906 bits per heavy atom. The van der Waals surface area contributed by atoms with Crippen LogP contribution < -0.4 is 5.48 Å². The number of hydrogen-bond acceptors (Lipinski definition) is 6. The smallest absolute Gasteiger partial charge is 0.265 e. The number of benzene rings is 3. The molecule has 3 aromatic rings. The van der Waals surface area contributed by atoms with Crippen LogP contribution in [0.25, 0.3) is 0 Å². The largest absolute Gasteiger partial charge is 0.272 e. The lowest BCUT2D eigenvalue weighted by atomic mass is 9.97. The number of nitrogens with one attached hydrogen (secondary N) is 1. The zero-order valence-corrected chi connectivity index (χ0v) is 19.2. The standard InChI is InChI=1S/C24H25NO5S2/c1-32(27,28)30-23(20-13-7-3-8-14-20)22(18-31-21-15-9-4-10-16-21)24(26)25-29-17-19-11-5-2-6-12-19/h2-16,22-23H,17-18H2,1H3,(H,25,26)/t22-,23+/m0/s1. The van der Waals surface area contributed by atoms with Gasteiger partial charge in [0.25, 0.3) is 16.0 Å². The first kappa shape index (κ1) is 24.0. The number of amides is 1. The van der Waals surface area contributed by atoms with Crippen LogP contribution in [-0.2, 0) is 30.5 Å². The van der Waals surface area contributed by atoms with E-state index in [1.807, 2.05) is 66.7 Å². The van der Waals surface area contributed by atoms with E-state index in [9.17, 15) is 13.2 Å². The van der Waals surface area contributed by atoms with Gasteiger partial charge in [-0.15, -0.1) is 11.8 Å². The third-order valence-electron chi connectivity index (χ3n) is 4.54. The number of hydrogen-bond donors (Lipinski definition) is 1. The maximum Gasteiger partial charge on any atom is 0.265 e. The maximum absolute atomic E-state index is 13.1. The van der Waals surface area contributed by atoms with Crippen molar-refractivity contribution in [2.75, 3.05) is 12.0 Å². The predicted octanol–water partition coefficient (Wildman–Crippen LogP) is 4.36. The highest BCUT2D eigenvalue weighted by molar-refractivity contribution is 7.99. The Hall–Kier alpha value is -2.65. The monoisotopic (exact) mass is 471 g/mol. The Labute approximate surface area is 193 Å². The first-order valence-corrected chi connectivity index (χ1v) is 12.8. The molecule has 0 aliphatic rings. The van der Waals surface area contributed by atoms with Gasteiger partial charge in [-0.3, -0.25) is 13.8 Å². The third-order valence-corrected chi connectivity index (χ3v) is 6.22. The van der Waals surface area contributed by atoms with Crippen LogP contribution in [0.15, 0.2) is 95.9 Å². The molecule has 0 heterocycles. The second-order valence-electron chi connectivity index (χ2n) is 7.10. The molecule has 0 fully saturated rings. The molecule has 0 radical (unpaired) electrons. The summed E-state index contributed by atoms with van der Waals surface area (Å²) < 4.78 is 29.4. The van der Waals surface area contributed by atoms with Crippen LogP contribution in [0, 0.1) is 5.92 Å². The lowest BCUT2D eigenvalue weighted by Crippen LogP contribution is -2.37. The van der Waals surface area contributed by atoms with Crippen molar-refractivity contribution in [3.63, 3.8) is 0 Å². The Balaban J connectivity index is 1.80. The fourth-order valence-corrected chi connectivity index (χ4v) is 4.70. The van der Waals surface area contributed by atoms with Gasteiger partial charge in [-0.1, -0.05) is 78.9 Å². The lowest BCUT2D eigenvalue weighted by molar-refractivity contribution is -0.141. The molecule has 0 spiro atoms. The zero-order valence-electron chi connectivity index (χ0n) is 17.6. The predicted molar refractivity (Wildman–Crippen MR) is 125 cm³/mol. The molecule has 0 aliphatic carbocycles. The summed E-state index contributed by atoms with van der Waals surface area (Å²) in [7, 11) is -3.83. The second-order valence-corrected chi connectivity index (χ2v) is 9.80. The topological polar surface area (TPSA) is 81.7 Å². The summed E-state index contributed by atoms with van der Waals surface area (Å²) in [5.41, 5.74) is 3.97. The lowest BCUT2D eigenvalue weighted by Gasteiger charge is -2.25. The molecule has 0 saturated carbocycles. The van der Waals surface area contributed by atoms with Crippen LogP contribution >= 0.6 is 11.8 Å². The number of hydroxylamine groups is 1. The van der Waals surface area contributed by atoms with Gasteiger partial charge < -0.3 is 0 Å². The fraction of sp³-hybridized carbons (Fsp3) is 0.208. The molecule has 1 amide bonds. The Morgan fingerprint density at radius 2 is 1.47 bits per heavy atom. The van der Waals surface area contributed by atoms with Gasteiger partial charge in [0, 0.05) is 10.6 Å². The summed E-state index contributed by atoms with van der Waals surface area (Å²) in [6.45, 7) is 0.189. The van der Waals surface area contributed by atoms with Crippen molar-refractivity contribution in [3.05, 3.63) is 102 Å². The zero-order chi connectivity index (χ0) is 22.8. The van der Waals surface area contributed by atoms with Gasteiger partial charge in [-0.2, -0.15) is 8.42 Å². The molecule has 168 valence electrons. The molecule has 0 bridgehead atoms. The minimum absolute atomic E-state index is 0.189. The normalized spacial score (nSPS) is 13.3. The SMILES string of the molecule is CS(=O)(=O)O[C@H](c1ccccc1)[C@H](CSc1ccccc1)C(=O)NOCc1ccccc1. The van der Waals surface area contributed by atoms with Crippen molar-refractivity contribution in [2.45, 2.75) is 17.6 Å². The van der Waals surface area contributed by atoms with Gasteiger partial charge in [0.05, 0.1) is 18.8 Å². The summed E-state index contributed by atoms with van der Waals surface area (Å²) in [6, 6.07) is 27.9. The van der Waals surface area contributed by atoms with Gasteiger partial charge in [0.2, 0.25) is 0 Å². The number of thioether (sulfide) groups is 1. The van der Waals surface area contributed by atoms with E-state index in [-0.39, 0.29) is 6.61 Å². The van der Waals surface area contributed by atoms with E-state index >= 15 is 0 Å². The van der Waals surface area contributed by atoms with E-state index in [4.69, 9.17) is 9.02 Å². The molecule has 8 heteroatoms. The maximum atomic E-state index is 13.1. The van der Waals surface area contributed by atoms with Crippen LogP contribution in [0.5, 0.6) is 0 Å². The van der Waals surface area contributed by atoms with Crippen molar-refractivity contribution in [1.29, 1.82) is 0 Å². The molecule has 0 aromatic heterocycles. The molecule has 2 atom stereocenters. The number of carbonyl (C=O) groups is 1. The van der Waals surface area contributed by atoms with Crippen LogP contribution in [0.1, 0.15) is 17.2 Å². The summed E-state index contributed by atoms with van der Waals surface area (Å²) in [5, 5.41) is 0. The summed E-state index contributed by atoms with van der Waals surface area (Å²) in [4.78, 5) is 19.5. The molecule has 0 unspecified atom stereocenters. The molecular weight excluding hydrogens is 446 g/mol. The minimum atomic E-state index is -3.83. The van der Waals surface area contributed by atoms with Crippen molar-refractivity contribution in [2.24, 2.45) is 5.92 Å². The molecule has 1 N–H and O–H groups in total. The first-order valence-electron chi connectivity index (χ1n) is 9.99. The average Bonchev–Trinajstić information content (AvgIpc) is 2.80. The van der Waals surface area contributed by atoms with E-state index in [1.54, 1.807) is 24.3 Å². The molecule has 0 aliphatic heterocycles. The highest BCUT2D eigenvalue weighted by Gasteiger charge is 2.33. The molecule has 0 saturated heterocycles. The van der Waals surface area contributed by atoms with Crippen LogP contribution in [0.3, 0.4) is 0 Å². The van der Waals surface area contributed by atoms with Gasteiger partial charge in [-0.25, -0.2) is 5.48 Å². The van der Waals surface area contributed by atoms with Gasteiger partial charge in [-0.05, 0) is 23.3 Å². The van der Waals surface area contributed by atoms with E-state index in [0.29, 0.717) is 11.3 Å². The highest BCUT2D eigenvalue weighted by Crippen LogP contribution is 2.33. The van der Waals surface area contributed by atoms with Crippen molar-refractivity contribution in [3.8, 4) is 0 Å². The Kier molecular flexibility index (Phi) is 8.87. The van der Waals surface area contributed by atoms with Gasteiger partial charge in [0.15, 0.2) is 0 Å². The van der Waals surface area contributed by atoms with Crippen LogP contribution in [-0.4, -0.2) is 26.3 Å². The van der Waals surface area contributed by atoms with Crippen LogP contribution in [0.4, 0.5) is 0 Å². The van der Waals surface area contributed by atoms with E-state index < -0.39 is 28.0 Å². The third kappa shape index (κ3) is 7.80. The summed E-state index contributed by atoms with van der Waals surface area (Å²) >= 11 is 1.44. The Morgan fingerprint density at radius 3 is 2.06 bits per heavy atom. The van der Waals surface area contributed by atoms with Gasteiger partial charge in [0.1, 0.15) is 6.10 Å². The van der Waals surface area contributed by atoms with E-state index in [2.05, 4.69) is 5.48 Å². The Bertz CT molecular complexity index is 1080.